The van der Waals surface area contributed by atoms with E-state index in [1.807, 2.05) is 13.0 Å². The fraction of sp³-hybridized carbons (Fsp3) is 0.650. The molecule has 7 heteroatoms. The summed E-state index contributed by atoms with van der Waals surface area (Å²) in [6, 6.07) is 5.73. The summed E-state index contributed by atoms with van der Waals surface area (Å²) >= 11 is 0. The summed E-state index contributed by atoms with van der Waals surface area (Å²) in [4.78, 5) is 28.6. The first-order valence-corrected chi connectivity index (χ1v) is 9.90. The van der Waals surface area contributed by atoms with Crippen molar-refractivity contribution in [2.75, 3.05) is 24.5 Å². The molecule has 7 nitrogen and oxygen atoms in total. The Labute approximate surface area is 160 Å². The number of anilines is 1. The van der Waals surface area contributed by atoms with Gasteiger partial charge in [-0.1, -0.05) is 6.92 Å². The average Bonchev–Trinajstić information content (AvgIpc) is 2.65. The van der Waals surface area contributed by atoms with E-state index in [0.29, 0.717) is 12.5 Å². The van der Waals surface area contributed by atoms with Gasteiger partial charge in [-0.25, -0.2) is 0 Å². The van der Waals surface area contributed by atoms with Gasteiger partial charge in [0.1, 0.15) is 0 Å². The second-order valence-corrected chi connectivity index (χ2v) is 8.05. The van der Waals surface area contributed by atoms with Gasteiger partial charge in [0.05, 0.1) is 16.9 Å². The third kappa shape index (κ3) is 3.93. The number of fused-ring (bicyclic) bond motifs is 3. The summed E-state index contributed by atoms with van der Waals surface area (Å²) < 4.78 is 0. The number of amides is 1. The SMILES string of the molecule is CCC(C)NC(=O)C1Cc2cc([N+](=O)[O-])ccc2N2CCN(C(C)C)CC12. The number of non-ortho nitro benzene ring substituents is 1. The molecular formula is C20H30N4O3. The predicted octanol–water partition coefficient (Wildman–Crippen LogP) is 2.58. The molecule has 1 amide bonds. The van der Waals surface area contributed by atoms with Crippen LogP contribution in [0.5, 0.6) is 0 Å². The van der Waals surface area contributed by atoms with Crippen LogP contribution in [0.15, 0.2) is 18.2 Å². The van der Waals surface area contributed by atoms with Crippen molar-refractivity contribution in [1.29, 1.82) is 0 Å². The smallest absolute Gasteiger partial charge is 0.269 e. The highest BCUT2D eigenvalue weighted by molar-refractivity contribution is 5.82. The van der Waals surface area contributed by atoms with Crippen molar-refractivity contribution >= 4 is 17.3 Å². The van der Waals surface area contributed by atoms with Crippen LogP contribution in [0.1, 0.15) is 39.7 Å². The van der Waals surface area contributed by atoms with Crippen molar-refractivity contribution in [3.8, 4) is 0 Å². The lowest BCUT2D eigenvalue weighted by molar-refractivity contribution is -0.384. The summed E-state index contributed by atoms with van der Waals surface area (Å²) in [5, 5.41) is 14.3. The molecule has 0 aliphatic carbocycles. The minimum absolute atomic E-state index is 0.0575. The van der Waals surface area contributed by atoms with E-state index in [9.17, 15) is 14.9 Å². The monoisotopic (exact) mass is 374 g/mol. The zero-order chi connectivity index (χ0) is 19.7. The van der Waals surface area contributed by atoms with Crippen LogP contribution in [-0.4, -0.2) is 53.5 Å². The highest BCUT2D eigenvalue weighted by Crippen LogP contribution is 2.38. The number of rotatable bonds is 5. The van der Waals surface area contributed by atoms with Gasteiger partial charge in [0.15, 0.2) is 0 Å². The first-order valence-electron chi connectivity index (χ1n) is 9.90. The van der Waals surface area contributed by atoms with Crippen molar-refractivity contribution in [3.05, 3.63) is 33.9 Å². The molecule has 1 aromatic rings. The number of hydrogen-bond acceptors (Lipinski definition) is 5. The van der Waals surface area contributed by atoms with Crippen molar-refractivity contribution in [2.45, 2.75) is 58.7 Å². The number of hydrogen-bond donors (Lipinski definition) is 1. The fourth-order valence-corrected chi connectivity index (χ4v) is 4.17. The van der Waals surface area contributed by atoms with Crippen molar-refractivity contribution in [1.82, 2.24) is 10.2 Å². The molecule has 2 aliphatic heterocycles. The van der Waals surface area contributed by atoms with Gasteiger partial charge in [-0.05, 0) is 45.2 Å². The molecule has 3 rings (SSSR count). The van der Waals surface area contributed by atoms with Gasteiger partial charge in [-0.15, -0.1) is 0 Å². The van der Waals surface area contributed by atoms with E-state index in [4.69, 9.17) is 0 Å². The molecule has 148 valence electrons. The molecule has 27 heavy (non-hydrogen) atoms. The van der Waals surface area contributed by atoms with Gasteiger partial charge in [-0.3, -0.25) is 19.8 Å². The van der Waals surface area contributed by atoms with Crippen LogP contribution >= 0.6 is 0 Å². The highest BCUT2D eigenvalue weighted by Gasteiger charge is 2.42. The van der Waals surface area contributed by atoms with Crippen molar-refractivity contribution in [2.24, 2.45) is 5.92 Å². The summed E-state index contributed by atoms with van der Waals surface area (Å²) in [7, 11) is 0. The van der Waals surface area contributed by atoms with Crippen LogP contribution in [0, 0.1) is 16.0 Å². The van der Waals surface area contributed by atoms with Gasteiger partial charge in [0.25, 0.3) is 5.69 Å². The number of piperazine rings is 1. The van der Waals surface area contributed by atoms with Crippen LogP contribution in [0.25, 0.3) is 0 Å². The summed E-state index contributed by atoms with van der Waals surface area (Å²) in [6.45, 7) is 11.0. The minimum Gasteiger partial charge on any atom is -0.365 e. The van der Waals surface area contributed by atoms with Gasteiger partial charge in [-0.2, -0.15) is 0 Å². The van der Waals surface area contributed by atoms with Crippen LogP contribution < -0.4 is 10.2 Å². The third-order valence-corrected chi connectivity index (χ3v) is 6.01. The van der Waals surface area contributed by atoms with E-state index in [1.165, 1.54) is 0 Å². The van der Waals surface area contributed by atoms with E-state index >= 15 is 0 Å². The fourth-order valence-electron chi connectivity index (χ4n) is 4.17. The largest absolute Gasteiger partial charge is 0.365 e. The molecule has 0 saturated carbocycles. The summed E-state index contributed by atoms with van der Waals surface area (Å²) in [6.07, 6.45) is 1.43. The first-order chi connectivity index (χ1) is 12.8. The molecule has 3 atom stereocenters. The Hall–Kier alpha value is -2.15. The Morgan fingerprint density at radius 1 is 1.33 bits per heavy atom. The Kier molecular flexibility index (Phi) is 5.69. The zero-order valence-electron chi connectivity index (χ0n) is 16.6. The maximum atomic E-state index is 13.0. The highest BCUT2D eigenvalue weighted by atomic mass is 16.6. The molecule has 0 spiro atoms. The van der Waals surface area contributed by atoms with Crippen LogP contribution in [0.3, 0.4) is 0 Å². The zero-order valence-corrected chi connectivity index (χ0v) is 16.6. The molecule has 2 heterocycles. The van der Waals surface area contributed by atoms with Crippen LogP contribution in [0.4, 0.5) is 11.4 Å². The van der Waals surface area contributed by atoms with E-state index in [0.717, 1.165) is 37.3 Å². The maximum Gasteiger partial charge on any atom is 0.269 e. The Bertz CT molecular complexity index is 721. The lowest BCUT2D eigenvalue weighted by Gasteiger charge is -2.50. The number of nitro groups is 1. The normalized spacial score (nSPS) is 23.5. The summed E-state index contributed by atoms with van der Waals surface area (Å²) in [5.41, 5.74) is 2.04. The van der Waals surface area contributed by atoms with E-state index in [2.05, 4.69) is 35.9 Å². The van der Waals surface area contributed by atoms with Crippen molar-refractivity contribution in [3.63, 3.8) is 0 Å². The first kappa shape index (κ1) is 19.6. The number of nitro benzene ring substituents is 1. The second-order valence-electron chi connectivity index (χ2n) is 8.05. The number of carbonyl (C=O) groups excluding carboxylic acids is 1. The molecule has 2 aliphatic rings. The minimum atomic E-state index is -0.364. The number of carbonyl (C=O) groups is 1. The molecule has 1 N–H and O–H groups in total. The molecule has 1 fully saturated rings. The average molecular weight is 374 g/mol. The maximum absolute atomic E-state index is 13.0. The molecule has 0 bridgehead atoms. The molecule has 1 saturated heterocycles. The van der Waals surface area contributed by atoms with Gasteiger partial charge < -0.3 is 10.2 Å². The van der Waals surface area contributed by atoms with Gasteiger partial charge in [0, 0.05) is 49.5 Å². The van der Waals surface area contributed by atoms with E-state index in [1.54, 1.807) is 12.1 Å². The molecule has 0 radical (unpaired) electrons. The number of nitrogens with zero attached hydrogens (tertiary/aromatic N) is 3. The third-order valence-electron chi connectivity index (χ3n) is 6.01. The Morgan fingerprint density at radius 3 is 2.70 bits per heavy atom. The standard InChI is InChI=1S/C20H30N4O3/c1-5-14(4)21-20(25)17-11-15-10-16(24(26)27)6-7-18(15)23-9-8-22(13(2)3)12-19(17)23/h6-7,10,13-14,17,19H,5,8-9,11-12H2,1-4H3,(H,21,25). The Morgan fingerprint density at radius 2 is 2.07 bits per heavy atom. The van der Waals surface area contributed by atoms with E-state index < -0.39 is 0 Å². The second kappa shape index (κ2) is 7.84. The molecular weight excluding hydrogens is 344 g/mol. The number of nitrogens with one attached hydrogen (secondary N) is 1. The predicted molar refractivity (Wildman–Crippen MR) is 106 cm³/mol. The Balaban J connectivity index is 1.95. The van der Waals surface area contributed by atoms with Gasteiger partial charge in [0.2, 0.25) is 5.91 Å². The number of benzene rings is 1. The van der Waals surface area contributed by atoms with Gasteiger partial charge >= 0.3 is 0 Å². The lowest BCUT2D eigenvalue weighted by atomic mass is 9.82. The quantitative estimate of drug-likeness (QED) is 0.633. The summed E-state index contributed by atoms with van der Waals surface area (Å²) in [5.74, 6) is -0.142. The van der Waals surface area contributed by atoms with Crippen LogP contribution in [0.2, 0.25) is 0 Å². The molecule has 1 aromatic carbocycles. The lowest BCUT2D eigenvalue weighted by Crippen LogP contribution is -2.62. The molecule has 3 unspecified atom stereocenters. The molecule has 0 aromatic heterocycles. The topological polar surface area (TPSA) is 78.7 Å². The van der Waals surface area contributed by atoms with Crippen molar-refractivity contribution < 1.29 is 9.72 Å². The van der Waals surface area contributed by atoms with Crippen LogP contribution in [-0.2, 0) is 11.2 Å². The van der Waals surface area contributed by atoms with E-state index in [-0.39, 0.29) is 34.5 Å².